The van der Waals surface area contributed by atoms with Crippen molar-refractivity contribution in [3.05, 3.63) is 70.8 Å². The van der Waals surface area contributed by atoms with Crippen LogP contribution in [0.1, 0.15) is 42.0 Å². The monoisotopic (exact) mass is 413 g/mol. The molecule has 152 valence electrons. The van der Waals surface area contributed by atoms with Crippen LogP contribution >= 0.6 is 11.6 Å². The second-order valence-corrected chi connectivity index (χ2v) is 8.96. The first kappa shape index (κ1) is 19.0. The van der Waals surface area contributed by atoms with E-state index >= 15 is 0 Å². The molecule has 29 heavy (non-hydrogen) atoms. The smallest absolute Gasteiger partial charge is 0.283 e. The van der Waals surface area contributed by atoms with Gasteiger partial charge < -0.3 is 0 Å². The molecule has 3 saturated heterocycles. The molecule has 0 spiro atoms. The van der Waals surface area contributed by atoms with Gasteiger partial charge in [-0.3, -0.25) is 4.84 Å². The summed E-state index contributed by atoms with van der Waals surface area (Å²) in [4.78, 5) is 20.2. The Morgan fingerprint density at radius 2 is 1.79 bits per heavy atom. The second-order valence-electron chi connectivity index (χ2n) is 8.44. The minimum Gasteiger partial charge on any atom is -0.283 e. The molecule has 2 aromatic rings. The van der Waals surface area contributed by atoms with Crippen molar-refractivity contribution in [3.63, 3.8) is 0 Å². The molecule has 6 rings (SSSR count). The van der Waals surface area contributed by atoms with Crippen molar-refractivity contribution in [3.8, 4) is 0 Å². The van der Waals surface area contributed by atoms with Gasteiger partial charge in [-0.2, -0.15) is 4.90 Å². The van der Waals surface area contributed by atoms with Gasteiger partial charge in [-0.1, -0.05) is 59.1 Å². The Kier molecular flexibility index (Phi) is 4.11. The van der Waals surface area contributed by atoms with Crippen molar-refractivity contribution in [2.75, 3.05) is 13.8 Å². The quantitative estimate of drug-likeness (QED) is 0.359. The minimum absolute atomic E-state index is 0.0125. The molecular weight excluding hydrogens is 388 g/mol. The maximum Gasteiger partial charge on any atom is 0.449 e. The van der Waals surface area contributed by atoms with E-state index < -0.39 is 10.8 Å². The molecule has 1 aliphatic carbocycles. The summed E-state index contributed by atoms with van der Waals surface area (Å²) < 4.78 is -0.0125. The fourth-order valence-corrected chi connectivity index (χ4v) is 6.02. The summed E-state index contributed by atoms with van der Waals surface area (Å²) in [7, 11) is 1.89. The Bertz CT molecular complexity index is 986. The summed E-state index contributed by atoms with van der Waals surface area (Å²) in [5, 5.41) is 0.642. The third-order valence-electron chi connectivity index (χ3n) is 7.20. The van der Waals surface area contributed by atoms with E-state index in [1.54, 1.807) is 4.90 Å². The van der Waals surface area contributed by atoms with Gasteiger partial charge in [0.2, 0.25) is 5.66 Å². The lowest BCUT2D eigenvalue weighted by Gasteiger charge is -2.52. The maximum absolute atomic E-state index is 13.4. The SMILES string of the molecule is CC1(c2ccc3c(c2)CCCC3)N2C(=O)[N+]1(C)N(CON)C2(Cl)c1ccccc1. The zero-order valence-electron chi connectivity index (χ0n) is 16.8. The van der Waals surface area contributed by atoms with Crippen molar-refractivity contribution < 1.29 is 14.2 Å². The molecule has 2 aromatic carbocycles. The number of alkyl halides is 1. The van der Waals surface area contributed by atoms with E-state index in [9.17, 15) is 4.79 Å². The summed E-state index contributed by atoms with van der Waals surface area (Å²) in [6.07, 6.45) is 4.65. The number of urea groups is 1. The van der Waals surface area contributed by atoms with Crippen LogP contribution in [-0.2, 0) is 28.5 Å². The molecule has 4 aliphatic rings. The number of fused-ring (bicyclic) bond motifs is 2. The highest BCUT2D eigenvalue weighted by atomic mass is 35.5. The summed E-state index contributed by atoms with van der Waals surface area (Å²) in [5.74, 6) is 5.47. The summed E-state index contributed by atoms with van der Waals surface area (Å²) in [6, 6.07) is 16.2. The predicted molar refractivity (Wildman–Crippen MR) is 110 cm³/mol. The maximum atomic E-state index is 13.4. The number of benzene rings is 2. The number of carbonyl (C=O) groups is 1. The van der Waals surface area contributed by atoms with Crippen LogP contribution in [0.2, 0.25) is 0 Å². The van der Waals surface area contributed by atoms with E-state index in [1.807, 2.05) is 42.4 Å². The van der Waals surface area contributed by atoms with Crippen LogP contribution in [0.25, 0.3) is 0 Å². The predicted octanol–water partition coefficient (Wildman–Crippen LogP) is 3.75. The Morgan fingerprint density at radius 3 is 2.48 bits per heavy atom. The fourth-order valence-electron chi connectivity index (χ4n) is 5.46. The number of carbonyl (C=O) groups excluding carboxylic acids is 1. The first-order chi connectivity index (χ1) is 13.9. The van der Waals surface area contributed by atoms with Crippen LogP contribution in [0.3, 0.4) is 0 Å². The van der Waals surface area contributed by atoms with Crippen molar-refractivity contribution in [1.82, 2.24) is 9.91 Å². The van der Waals surface area contributed by atoms with E-state index in [0.29, 0.717) is 0 Å². The first-order valence-electron chi connectivity index (χ1n) is 10.1. The Hall–Kier alpha value is -1.96. The standard InChI is InChI=1S/C22H26ClN4O2/c1-21(19-13-12-16-8-6-7-9-17(16)14-19)26-20(28)27(21,2)25(15-29-24)22(26,23)18-10-4-3-5-11-18/h3-5,10-14H,6-9,15,24H2,1-2H3/q+1. The van der Waals surface area contributed by atoms with Gasteiger partial charge in [0.1, 0.15) is 0 Å². The number of rotatable bonds is 4. The Labute approximate surface area is 175 Å². The van der Waals surface area contributed by atoms with Gasteiger partial charge in [0.25, 0.3) is 5.12 Å². The average molecular weight is 414 g/mol. The molecule has 3 fully saturated rings. The largest absolute Gasteiger partial charge is 0.449 e. The van der Waals surface area contributed by atoms with E-state index in [1.165, 1.54) is 24.0 Å². The van der Waals surface area contributed by atoms with Crippen LogP contribution in [-0.4, -0.2) is 34.3 Å². The van der Waals surface area contributed by atoms with E-state index in [0.717, 1.165) is 24.0 Å². The summed E-state index contributed by atoms with van der Waals surface area (Å²) in [6.45, 7) is 2.10. The topological polar surface area (TPSA) is 58.8 Å². The Morgan fingerprint density at radius 1 is 1.10 bits per heavy atom. The van der Waals surface area contributed by atoms with Crippen LogP contribution in [0.15, 0.2) is 48.5 Å². The summed E-state index contributed by atoms with van der Waals surface area (Å²) in [5.41, 5.74) is 4.04. The third kappa shape index (κ3) is 2.13. The molecule has 2 N–H and O–H groups in total. The van der Waals surface area contributed by atoms with E-state index in [4.69, 9.17) is 22.3 Å². The molecule has 3 atom stereocenters. The molecule has 3 unspecified atom stereocenters. The molecular formula is C22H26ClN4O2+. The number of quaternary nitrogens is 1. The van der Waals surface area contributed by atoms with Gasteiger partial charge in [-0.25, -0.2) is 10.7 Å². The molecule has 3 aliphatic heterocycles. The molecule has 2 bridgehead atoms. The van der Waals surface area contributed by atoms with Gasteiger partial charge in [0, 0.05) is 18.1 Å². The normalized spacial score (nSPS) is 33.5. The molecule has 0 radical (unpaired) electrons. The summed E-state index contributed by atoms with van der Waals surface area (Å²) >= 11 is 7.28. The lowest BCUT2D eigenvalue weighted by molar-refractivity contribution is -1.02. The first-order valence-corrected chi connectivity index (χ1v) is 10.5. The molecule has 3 heterocycles. The van der Waals surface area contributed by atoms with Crippen molar-refractivity contribution >= 4 is 17.6 Å². The van der Waals surface area contributed by atoms with Crippen molar-refractivity contribution in [2.45, 2.75) is 43.4 Å². The van der Waals surface area contributed by atoms with E-state index in [-0.39, 0.29) is 17.4 Å². The fraction of sp³-hybridized carbons (Fsp3) is 0.409. The van der Waals surface area contributed by atoms with Crippen LogP contribution in [0.4, 0.5) is 4.79 Å². The molecule has 6 nitrogen and oxygen atoms in total. The lowest BCUT2D eigenvalue weighted by atomic mass is 9.85. The Balaban J connectivity index is 1.68. The average Bonchev–Trinajstić information content (AvgIpc) is 3.04. The van der Waals surface area contributed by atoms with Gasteiger partial charge in [-0.15, -0.1) is 4.59 Å². The number of aryl methyl sites for hydroxylation is 2. The zero-order chi connectivity index (χ0) is 20.4. The van der Waals surface area contributed by atoms with Crippen LogP contribution in [0.5, 0.6) is 0 Å². The van der Waals surface area contributed by atoms with Crippen molar-refractivity contribution in [1.29, 1.82) is 0 Å². The van der Waals surface area contributed by atoms with Gasteiger partial charge >= 0.3 is 6.03 Å². The number of amides is 2. The van der Waals surface area contributed by atoms with E-state index in [2.05, 4.69) is 25.1 Å². The highest BCUT2D eigenvalue weighted by molar-refractivity contribution is 6.25. The number of hydrogen-bond acceptors (Lipinski definition) is 4. The van der Waals surface area contributed by atoms with Gasteiger partial charge in [0.05, 0.1) is 7.05 Å². The number of nitrogens with zero attached hydrogens (tertiary/aromatic N) is 3. The number of halogens is 1. The van der Waals surface area contributed by atoms with Crippen LogP contribution < -0.4 is 5.90 Å². The number of nitrogens with two attached hydrogens (primary N) is 1. The molecule has 0 saturated carbocycles. The lowest BCUT2D eigenvalue weighted by Crippen LogP contribution is -2.78. The molecule has 2 amide bonds. The van der Waals surface area contributed by atoms with Crippen molar-refractivity contribution in [2.24, 2.45) is 5.90 Å². The molecule has 0 aromatic heterocycles. The number of hydrogen-bond donors (Lipinski definition) is 1. The molecule has 7 heteroatoms. The highest BCUT2D eigenvalue weighted by Gasteiger charge is 2.88. The van der Waals surface area contributed by atoms with Gasteiger partial charge in [-0.05, 0) is 42.9 Å². The minimum atomic E-state index is -1.18. The third-order valence-corrected chi connectivity index (χ3v) is 7.78. The highest BCUT2D eigenvalue weighted by Crippen LogP contribution is 2.65. The zero-order valence-corrected chi connectivity index (χ0v) is 17.5. The second kappa shape index (κ2) is 6.27. The van der Waals surface area contributed by atoms with Crippen LogP contribution in [0, 0.1) is 0 Å². The van der Waals surface area contributed by atoms with Gasteiger partial charge in [0.15, 0.2) is 6.73 Å².